The lowest BCUT2D eigenvalue weighted by Crippen LogP contribution is -2.15. The molecule has 1 N–H and O–H groups in total. The first-order valence-electron chi connectivity index (χ1n) is 8.56. The minimum Gasteiger partial charge on any atom is -0.495 e. The fourth-order valence-electron chi connectivity index (χ4n) is 2.77. The van der Waals surface area contributed by atoms with Crippen molar-refractivity contribution >= 4 is 34.3 Å². The van der Waals surface area contributed by atoms with E-state index in [4.69, 9.17) is 9.72 Å². The molecule has 0 aliphatic heterocycles. The molecule has 1 heterocycles. The maximum Gasteiger partial charge on any atom is 0.234 e. The third kappa shape index (κ3) is 4.17. The number of amides is 1. The van der Waals surface area contributed by atoms with Gasteiger partial charge in [0.05, 0.1) is 24.1 Å². The van der Waals surface area contributed by atoms with Gasteiger partial charge in [-0.05, 0) is 49.2 Å². The Morgan fingerprint density at radius 3 is 2.77 bits per heavy atom. The summed E-state index contributed by atoms with van der Waals surface area (Å²) >= 11 is 1.47. The average molecular weight is 366 g/mol. The zero-order chi connectivity index (χ0) is 18.5. The van der Waals surface area contributed by atoms with Crippen LogP contribution in [0.25, 0.3) is 10.9 Å². The van der Waals surface area contributed by atoms with Crippen LogP contribution in [0.2, 0.25) is 0 Å². The number of para-hydroxylation sites is 2. The van der Waals surface area contributed by atoms with Crippen molar-refractivity contribution in [1.29, 1.82) is 0 Å². The molecule has 5 heteroatoms. The van der Waals surface area contributed by atoms with Crippen molar-refractivity contribution in [2.24, 2.45) is 0 Å². The van der Waals surface area contributed by atoms with Gasteiger partial charge in [-0.1, -0.05) is 42.4 Å². The molecule has 0 unspecified atom stereocenters. The number of aromatic nitrogens is 1. The van der Waals surface area contributed by atoms with Crippen molar-refractivity contribution in [1.82, 2.24) is 4.98 Å². The standard InChI is InChI=1S/C21H22N2O2S/c1-4-15-12-16-11-14(2)9-10-17(16)23-21(15)26-13-20(24)22-18-7-5-6-8-19(18)25-3/h5-12H,4,13H2,1-3H3,(H,22,24). The van der Waals surface area contributed by atoms with Gasteiger partial charge in [0.2, 0.25) is 5.91 Å². The number of pyridine rings is 1. The summed E-state index contributed by atoms with van der Waals surface area (Å²) in [7, 11) is 1.59. The van der Waals surface area contributed by atoms with Gasteiger partial charge in [-0.2, -0.15) is 0 Å². The van der Waals surface area contributed by atoms with E-state index in [-0.39, 0.29) is 5.91 Å². The van der Waals surface area contributed by atoms with Crippen LogP contribution in [-0.2, 0) is 11.2 Å². The predicted octanol–water partition coefficient (Wildman–Crippen LogP) is 4.85. The van der Waals surface area contributed by atoms with E-state index in [9.17, 15) is 4.79 Å². The summed E-state index contributed by atoms with van der Waals surface area (Å²) in [5, 5.41) is 4.96. The van der Waals surface area contributed by atoms with Crippen LogP contribution in [0.4, 0.5) is 5.69 Å². The van der Waals surface area contributed by atoms with E-state index in [0.29, 0.717) is 17.2 Å². The maximum atomic E-state index is 12.3. The molecule has 0 aliphatic carbocycles. The molecule has 0 spiro atoms. The van der Waals surface area contributed by atoms with Crippen LogP contribution in [0.5, 0.6) is 5.75 Å². The SMILES string of the molecule is CCc1cc2cc(C)ccc2nc1SCC(=O)Nc1ccccc1OC. The summed E-state index contributed by atoms with van der Waals surface area (Å²) in [6.45, 7) is 4.19. The van der Waals surface area contributed by atoms with Gasteiger partial charge >= 0.3 is 0 Å². The smallest absolute Gasteiger partial charge is 0.234 e. The Morgan fingerprint density at radius 1 is 1.19 bits per heavy atom. The number of aryl methyl sites for hydroxylation is 2. The molecule has 1 aromatic heterocycles. The quantitative estimate of drug-likeness (QED) is 0.634. The number of rotatable bonds is 6. The molecule has 0 bridgehead atoms. The van der Waals surface area contributed by atoms with Crippen LogP contribution in [0.3, 0.4) is 0 Å². The zero-order valence-corrected chi connectivity index (χ0v) is 16.0. The molecule has 0 atom stereocenters. The normalized spacial score (nSPS) is 10.7. The number of ether oxygens (including phenoxy) is 1. The van der Waals surface area contributed by atoms with Gasteiger partial charge in [0, 0.05) is 5.39 Å². The molecule has 0 aliphatic rings. The Labute approximate surface area is 158 Å². The Hall–Kier alpha value is -2.53. The van der Waals surface area contributed by atoms with Gasteiger partial charge in [0.15, 0.2) is 0 Å². The monoisotopic (exact) mass is 366 g/mol. The Bertz CT molecular complexity index is 940. The summed E-state index contributed by atoms with van der Waals surface area (Å²) in [6, 6.07) is 15.8. The number of benzene rings is 2. The molecule has 0 saturated heterocycles. The summed E-state index contributed by atoms with van der Waals surface area (Å²) in [5.41, 5.74) is 4.02. The van der Waals surface area contributed by atoms with Gasteiger partial charge in [-0.3, -0.25) is 4.79 Å². The maximum absolute atomic E-state index is 12.3. The Balaban J connectivity index is 1.74. The number of thioether (sulfide) groups is 1. The van der Waals surface area contributed by atoms with Gasteiger partial charge in [-0.25, -0.2) is 4.98 Å². The van der Waals surface area contributed by atoms with Crippen molar-refractivity contribution in [3.63, 3.8) is 0 Å². The lowest BCUT2D eigenvalue weighted by Gasteiger charge is -2.11. The average Bonchev–Trinajstić information content (AvgIpc) is 2.66. The van der Waals surface area contributed by atoms with E-state index in [0.717, 1.165) is 27.9 Å². The number of nitrogens with zero attached hydrogens (tertiary/aromatic N) is 1. The van der Waals surface area contributed by atoms with Crippen LogP contribution < -0.4 is 10.1 Å². The number of methoxy groups -OCH3 is 1. The van der Waals surface area contributed by atoms with E-state index in [1.165, 1.54) is 17.3 Å². The molecule has 134 valence electrons. The fourth-order valence-corrected chi connectivity index (χ4v) is 3.66. The molecule has 2 aromatic carbocycles. The molecule has 0 saturated carbocycles. The second-order valence-electron chi connectivity index (χ2n) is 6.04. The number of hydrogen-bond donors (Lipinski definition) is 1. The number of fused-ring (bicyclic) bond motifs is 1. The summed E-state index contributed by atoms with van der Waals surface area (Å²) in [4.78, 5) is 17.1. The third-order valence-corrected chi connectivity index (χ3v) is 5.14. The summed E-state index contributed by atoms with van der Waals surface area (Å²) in [5.74, 6) is 0.877. The van der Waals surface area contributed by atoms with E-state index in [1.54, 1.807) is 7.11 Å². The number of carbonyl (C=O) groups excluding carboxylic acids is 1. The summed E-state index contributed by atoms with van der Waals surface area (Å²) in [6.07, 6.45) is 0.882. The van der Waals surface area contributed by atoms with E-state index in [1.807, 2.05) is 30.3 Å². The largest absolute Gasteiger partial charge is 0.495 e. The van der Waals surface area contributed by atoms with Crippen LogP contribution in [0, 0.1) is 6.92 Å². The highest BCUT2D eigenvalue weighted by Crippen LogP contribution is 2.27. The molecule has 3 aromatic rings. The highest BCUT2D eigenvalue weighted by molar-refractivity contribution is 8.00. The lowest BCUT2D eigenvalue weighted by atomic mass is 10.1. The van der Waals surface area contributed by atoms with E-state index < -0.39 is 0 Å². The van der Waals surface area contributed by atoms with Gasteiger partial charge in [0.1, 0.15) is 10.8 Å². The predicted molar refractivity (Wildman–Crippen MR) is 108 cm³/mol. The summed E-state index contributed by atoms with van der Waals surface area (Å²) < 4.78 is 5.27. The molecule has 4 nitrogen and oxygen atoms in total. The van der Waals surface area contributed by atoms with Crippen molar-refractivity contribution < 1.29 is 9.53 Å². The molecule has 1 amide bonds. The minimum atomic E-state index is -0.0765. The lowest BCUT2D eigenvalue weighted by molar-refractivity contribution is -0.113. The second-order valence-corrected chi connectivity index (χ2v) is 7.00. The third-order valence-electron chi connectivity index (χ3n) is 4.11. The number of anilines is 1. The van der Waals surface area contributed by atoms with Crippen LogP contribution in [-0.4, -0.2) is 23.8 Å². The van der Waals surface area contributed by atoms with Crippen LogP contribution >= 0.6 is 11.8 Å². The Kier molecular flexibility index (Phi) is 5.78. The molecule has 3 rings (SSSR count). The van der Waals surface area contributed by atoms with Crippen molar-refractivity contribution in [2.45, 2.75) is 25.3 Å². The number of carbonyl (C=O) groups is 1. The molecule has 0 radical (unpaired) electrons. The molecular weight excluding hydrogens is 344 g/mol. The topological polar surface area (TPSA) is 51.2 Å². The van der Waals surface area contributed by atoms with Crippen molar-refractivity contribution in [2.75, 3.05) is 18.2 Å². The number of hydrogen-bond acceptors (Lipinski definition) is 4. The first kappa shape index (κ1) is 18.3. The van der Waals surface area contributed by atoms with Gasteiger partial charge in [0.25, 0.3) is 0 Å². The molecular formula is C21H22N2O2S. The Morgan fingerprint density at radius 2 is 2.00 bits per heavy atom. The zero-order valence-electron chi connectivity index (χ0n) is 15.2. The first-order chi connectivity index (χ1) is 12.6. The highest BCUT2D eigenvalue weighted by Gasteiger charge is 2.11. The second kappa shape index (κ2) is 8.23. The fraction of sp³-hybridized carbons (Fsp3) is 0.238. The van der Waals surface area contributed by atoms with Crippen molar-refractivity contribution in [3.8, 4) is 5.75 Å². The molecule has 0 fully saturated rings. The number of nitrogens with one attached hydrogen (secondary N) is 1. The van der Waals surface area contributed by atoms with Gasteiger partial charge in [-0.15, -0.1) is 0 Å². The first-order valence-corrected chi connectivity index (χ1v) is 9.55. The molecule has 26 heavy (non-hydrogen) atoms. The van der Waals surface area contributed by atoms with Crippen molar-refractivity contribution in [3.05, 3.63) is 59.7 Å². The van der Waals surface area contributed by atoms with Crippen LogP contribution in [0.15, 0.2) is 53.6 Å². The van der Waals surface area contributed by atoms with Gasteiger partial charge < -0.3 is 10.1 Å². The minimum absolute atomic E-state index is 0.0765. The van der Waals surface area contributed by atoms with E-state index >= 15 is 0 Å². The van der Waals surface area contributed by atoms with E-state index in [2.05, 4.69) is 37.4 Å². The van der Waals surface area contributed by atoms with Crippen LogP contribution in [0.1, 0.15) is 18.1 Å². The highest BCUT2D eigenvalue weighted by atomic mass is 32.2.